The van der Waals surface area contributed by atoms with Crippen LogP contribution in [0.4, 0.5) is 0 Å². The van der Waals surface area contributed by atoms with E-state index in [0.29, 0.717) is 6.42 Å². The number of phosphoric acid groups is 1. The fourth-order valence-corrected chi connectivity index (χ4v) is 7.98. The Kier molecular flexibility index (Phi) is 52.9. The number of hydrogen-bond acceptors (Lipinski definition) is 8. The standard InChI is InChI=1S/C61H102NO8P/c1-3-5-7-9-11-13-15-17-19-21-23-25-27-28-29-30-32-34-36-38-40-42-44-46-48-50-52-54-61(64)70-59(58-69-71(65,66)68-56-55-62)57-67-60(63)53-51-49-47-45-43-41-39-37-35-33-31-26-24-22-20-18-16-14-12-10-8-6-4-2/h5,7,11,13,16-19,22-25,28-29,32,34,38,40,44,46,59H,3-4,6,8-10,12,14-15,20-21,26-27,30-31,33,35-37,39,41-43,45,47-58,62H2,1-2H3,(H,65,66)/b7-5-,13-11-,18-16-,19-17-,24-22-,25-23-,29-28-,34-32-,40-38-,46-44-. The molecule has 0 aromatic rings. The maximum Gasteiger partial charge on any atom is 0.472 e. The zero-order valence-electron chi connectivity index (χ0n) is 44.9. The first-order chi connectivity index (χ1) is 34.8. The second-order valence-corrected chi connectivity index (χ2v) is 19.5. The van der Waals surface area contributed by atoms with E-state index >= 15 is 0 Å². The lowest BCUT2D eigenvalue weighted by Crippen LogP contribution is -2.29. The lowest BCUT2D eigenvalue weighted by atomic mass is 10.0. The van der Waals surface area contributed by atoms with E-state index in [1.54, 1.807) is 0 Å². The highest BCUT2D eigenvalue weighted by molar-refractivity contribution is 7.47. The molecule has 0 bridgehead atoms. The summed E-state index contributed by atoms with van der Waals surface area (Å²) in [6.45, 7) is 3.56. The number of carbonyl (C=O) groups is 2. The van der Waals surface area contributed by atoms with Crippen LogP contribution in [0.2, 0.25) is 0 Å². The average Bonchev–Trinajstić information content (AvgIpc) is 3.36. The van der Waals surface area contributed by atoms with Gasteiger partial charge in [-0.05, 0) is 109 Å². The number of esters is 2. The average molecular weight is 1010 g/mol. The number of hydrogen-bond donors (Lipinski definition) is 2. The van der Waals surface area contributed by atoms with Crippen molar-refractivity contribution >= 4 is 19.8 Å². The molecular formula is C61H102NO8P. The number of unbranched alkanes of at least 4 members (excludes halogenated alkanes) is 18. The molecule has 0 spiro atoms. The van der Waals surface area contributed by atoms with Crippen molar-refractivity contribution in [1.82, 2.24) is 0 Å². The molecule has 0 radical (unpaired) electrons. The van der Waals surface area contributed by atoms with Gasteiger partial charge in [0.15, 0.2) is 6.10 Å². The Balaban J connectivity index is 4.14. The molecule has 3 N–H and O–H groups in total. The van der Waals surface area contributed by atoms with E-state index in [2.05, 4.69) is 135 Å². The smallest absolute Gasteiger partial charge is 0.462 e. The molecule has 0 aromatic heterocycles. The molecule has 0 aliphatic rings. The Morgan fingerprint density at radius 2 is 0.775 bits per heavy atom. The van der Waals surface area contributed by atoms with Crippen molar-refractivity contribution in [2.75, 3.05) is 26.4 Å². The molecule has 2 unspecified atom stereocenters. The predicted octanol–water partition coefficient (Wildman–Crippen LogP) is 17.6. The van der Waals surface area contributed by atoms with Crippen LogP contribution in [-0.4, -0.2) is 49.3 Å². The van der Waals surface area contributed by atoms with Gasteiger partial charge in [0.1, 0.15) is 6.61 Å². The van der Waals surface area contributed by atoms with Crippen LogP contribution >= 0.6 is 7.82 Å². The van der Waals surface area contributed by atoms with Gasteiger partial charge in [0.2, 0.25) is 0 Å². The lowest BCUT2D eigenvalue weighted by Gasteiger charge is -2.19. The van der Waals surface area contributed by atoms with Gasteiger partial charge in [0.05, 0.1) is 13.2 Å². The zero-order valence-corrected chi connectivity index (χ0v) is 45.8. The zero-order chi connectivity index (χ0) is 51.7. The Morgan fingerprint density at radius 1 is 0.437 bits per heavy atom. The molecule has 71 heavy (non-hydrogen) atoms. The van der Waals surface area contributed by atoms with Crippen LogP contribution in [0.15, 0.2) is 122 Å². The van der Waals surface area contributed by atoms with Gasteiger partial charge >= 0.3 is 19.8 Å². The van der Waals surface area contributed by atoms with Crippen LogP contribution < -0.4 is 5.73 Å². The second-order valence-electron chi connectivity index (χ2n) is 18.1. The number of rotatable bonds is 51. The molecular weight excluding hydrogens is 906 g/mol. The minimum atomic E-state index is -4.41. The molecule has 10 heteroatoms. The summed E-state index contributed by atoms with van der Waals surface area (Å²) >= 11 is 0. The monoisotopic (exact) mass is 1010 g/mol. The van der Waals surface area contributed by atoms with Gasteiger partial charge in [0.25, 0.3) is 0 Å². The second kappa shape index (κ2) is 55.7. The summed E-state index contributed by atoms with van der Waals surface area (Å²) < 4.78 is 33.0. The number of allylic oxidation sites excluding steroid dienone is 20. The first-order valence-electron chi connectivity index (χ1n) is 28.0. The molecule has 9 nitrogen and oxygen atoms in total. The summed E-state index contributed by atoms with van der Waals surface area (Å²) in [6.07, 6.45) is 76.7. The highest BCUT2D eigenvalue weighted by atomic mass is 31.2. The van der Waals surface area contributed by atoms with Gasteiger partial charge < -0.3 is 20.1 Å². The van der Waals surface area contributed by atoms with Gasteiger partial charge in [-0.15, -0.1) is 0 Å². The Hall–Kier alpha value is -3.59. The first-order valence-corrected chi connectivity index (χ1v) is 29.5. The molecule has 0 saturated heterocycles. The minimum Gasteiger partial charge on any atom is -0.462 e. The highest BCUT2D eigenvalue weighted by Crippen LogP contribution is 2.43. The largest absolute Gasteiger partial charge is 0.472 e. The first kappa shape index (κ1) is 67.4. The number of nitrogens with two attached hydrogens (primary N) is 1. The van der Waals surface area contributed by atoms with Crippen molar-refractivity contribution in [1.29, 1.82) is 0 Å². The molecule has 0 aliphatic heterocycles. The maximum absolute atomic E-state index is 12.7. The summed E-state index contributed by atoms with van der Waals surface area (Å²) in [4.78, 5) is 35.1. The minimum absolute atomic E-state index is 0.0392. The lowest BCUT2D eigenvalue weighted by molar-refractivity contribution is -0.161. The van der Waals surface area contributed by atoms with Gasteiger partial charge in [-0.25, -0.2) is 4.57 Å². The quantitative estimate of drug-likeness (QED) is 0.0264. The molecule has 0 heterocycles. The van der Waals surface area contributed by atoms with E-state index in [1.165, 1.54) is 89.9 Å². The Bertz CT molecular complexity index is 1570. The molecule has 2 atom stereocenters. The van der Waals surface area contributed by atoms with E-state index in [9.17, 15) is 19.0 Å². The Labute approximate surface area is 434 Å². The van der Waals surface area contributed by atoms with E-state index in [1.807, 2.05) is 0 Å². The van der Waals surface area contributed by atoms with E-state index in [-0.39, 0.29) is 32.6 Å². The van der Waals surface area contributed by atoms with Crippen LogP contribution in [0.3, 0.4) is 0 Å². The van der Waals surface area contributed by atoms with Gasteiger partial charge in [-0.3, -0.25) is 18.6 Å². The molecule has 404 valence electrons. The number of carbonyl (C=O) groups excluding carboxylic acids is 2. The number of phosphoric ester groups is 1. The van der Waals surface area contributed by atoms with Gasteiger partial charge in [0, 0.05) is 19.4 Å². The molecule has 0 saturated carbocycles. The fraction of sp³-hybridized carbons (Fsp3) is 0.639. The van der Waals surface area contributed by atoms with E-state index in [4.69, 9.17) is 24.3 Å². The topological polar surface area (TPSA) is 134 Å². The van der Waals surface area contributed by atoms with Crippen LogP contribution in [-0.2, 0) is 32.7 Å². The SMILES string of the molecule is CC/C=C\C/C=C\C/C=C\C/C=C\C/C=C\C/C=C\C/C=C\C/C=C\CCCCC(=O)OC(COC(=O)CCCCCCCCCCCCC/C=C\C/C=C\CCCCCCC)COP(=O)(O)OCCN. The van der Waals surface area contributed by atoms with Gasteiger partial charge in [-0.2, -0.15) is 0 Å². The predicted molar refractivity (Wildman–Crippen MR) is 302 cm³/mol. The van der Waals surface area contributed by atoms with Crippen LogP contribution in [0.5, 0.6) is 0 Å². The third-order valence-electron chi connectivity index (χ3n) is 11.3. The summed E-state index contributed by atoms with van der Waals surface area (Å²) in [6, 6.07) is 0. The van der Waals surface area contributed by atoms with Crippen molar-refractivity contribution in [3.8, 4) is 0 Å². The molecule has 0 fully saturated rings. The fourth-order valence-electron chi connectivity index (χ4n) is 7.21. The summed E-state index contributed by atoms with van der Waals surface area (Å²) in [7, 11) is -4.41. The van der Waals surface area contributed by atoms with Crippen molar-refractivity contribution in [2.45, 2.75) is 225 Å². The summed E-state index contributed by atoms with van der Waals surface area (Å²) in [5.41, 5.74) is 5.37. The highest BCUT2D eigenvalue weighted by Gasteiger charge is 2.26. The molecule has 0 rings (SSSR count). The maximum atomic E-state index is 12.7. The summed E-state index contributed by atoms with van der Waals surface area (Å²) in [5, 5.41) is 0. The van der Waals surface area contributed by atoms with Crippen molar-refractivity contribution < 1.29 is 37.6 Å². The van der Waals surface area contributed by atoms with Crippen LogP contribution in [0.1, 0.15) is 219 Å². The van der Waals surface area contributed by atoms with Crippen molar-refractivity contribution in [3.63, 3.8) is 0 Å². The van der Waals surface area contributed by atoms with Crippen molar-refractivity contribution in [2.24, 2.45) is 5.73 Å². The third kappa shape index (κ3) is 55.6. The van der Waals surface area contributed by atoms with E-state index in [0.717, 1.165) is 96.3 Å². The Morgan fingerprint density at radius 3 is 1.18 bits per heavy atom. The molecule has 0 amide bonds. The van der Waals surface area contributed by atoms with E-state index < -0.39 is 32.5 Å². The summed E-state index contributed by atoms with van der Waals surface area (Å²) in [5.74, 6) is -0.888. The van der Waals surface area contributed by atoms with Crippen LogP contribution in [0, 0.1) is 0 Å². The van der Waals surface area contributed by atoms with Crippen molar-refractivity contribution in [3.05, 3.63) is 122 Å². The number of ether oxygens (including phenoxy) is 2. The molecule has 0 aliphatic carbocycles. The molecule has 0 aromatic carbocycles. The van der Waals surface area contributed by atoms with Gasteiger partial charge in [-0.1, -0.05) is 219 Å². The third-order valence-corrected chi connectivity index (χ3v) is 12.3. The van der Waals surface area contributed by atoms with Crippen LogP contribution in [0.25, 0.3) is 0 Å². The normalized spacial score (nSPS) is 14.0.